The van der Waals surface area contributed by atoms with Gasteiger partial charge in [0.25, 0.3) is 0 Å². The van der Waals surface area contributed by atoms with E-state index in [0.29, 0.717) is 13.0 Å². The maximum atomic E-state index is 12.8. The molecule has 0 bridgehead atoms. The summed E-state index contributed by atoms with van der Waals surface area (Å²) in [6.45, 7) is 5.27. The molecule has 1 aliphatic carbocycles. The summed E-state index contributed by atoms with van der Waals surface area (Å²) in [6, 6.07) is 17.6. The lowest BCUT2D eigenvalue weighted by atomic mass is 10.0. The molecule has 1 fully saturated rings. The van der Waals surface area contributed by atoms with Gasteiger partial charge in [-0.3, -0.25) is 9.00 Å². The number of nitrogens with one attached hydrogen (secondary N) is 1. The van der Waals surface area contributed by atoms with E-state index in [1.807, 2.05) is 36.4 Å². The summed E-state index contributed by atoms with van der Waals surface area (Å²) in [5.74, 6) is -3.48. The van der Waals surface area contributed by atoms with Gasteiger partial charge in [0.2, 0.25) is 5.91 Å². The molecule has 3 N–H and O–H groups in total. The molecule has 1 heterocycles. The zero-order valence-corrected chi connectivity index (χ0v) is 26.2. The molecule has 0 spiro atoms. The number of allylic oxidation sites excluding steroid dienone is 2. The Morgan fingerprint density at radius 2 is 1.53 bits per heavy atom. The van der Waals surface area contributed by atoms with Gasteiger partial charge in [0.1, 0.15) is 5.82 Å². The standard InChI is InChI=1S/C26H30N2O2S.C9H7FO4/c1-31(30)23-11-9-20(10-12-23)17-21-18-22(25-8-4-3-7-24(21)25)19-26(29)27-13-16-28-14-5-2-6-15-28;1-4-6(8(11)12)2-5(10)3-7(4)9(13)14/h3-4,7-12,17-18H,2,5-6,13-16,19H2,1H3,(H,27,29);2-3H,1H3,(H,11,12)(H,13,14). The second-order valence-corrected chi connectivity index (χ2v) is 12.4. The minimum atomic E-state index is -1.34. The summed E-state index contributed by atoms with van der Waals surface area (Å²) in [7, 11) is -0.975. The van der Waals surface area contributed by atoms with Gasteiger partial charge in [-0.25, -0.2) is 14.0 Å². The molecule has 0 aromatic heterocycles. The van der Waals surface area contributed by atoms with Crippen LogP contribution in [0.5, 0.6) is 0 Å². The number of carboxylic acid groups (broad SMARTS) is 2. The molecule has 2 aliphatic rings. The summed E-state index contributed by atoms with van der Waals surface area (Å²) < 4.78 is 24.4. The molecule has 236 valence electrons. The van der Waals surface area contributed by atoms with Crippen molar-refractivity contribution in [1.29, 1.82) is 0 Å². The lowest BCUT2D eigenvalue weighted by Gasteiger charge is -2.26. The maximum absolute atomic E-state index is 12.8. The lowest BCUT2D eigenvalue weighted by molar-refractivity contribution is -0.120. The van der Waals surface area contributed by atoms with Gasteiger partial charge in [0.15, 0.2) is 0 Å². The van der Waals surface area contributed by atoms with Crippen LogP contribution >= 0.6 is 0 Å². The molecule has 3 aromatic carbocycles. The van der Waals surface area contributed by atoms with Crippen LogP contribution in [0.4, 0.5) is 4.39 Å². The molecular formula is C35H37FN2O6S. The number of fused-ring (bicyclic) bond motifs is 1. The predicted molar refractivity (Wildman–Crippen MR) is 174 cm³/mol. The first-order valence-corrected chi connectivity index (χ1v) is 16.3. The molecule has 45 heavy (non-hydrogen) atoms. The molecule has 0 saturated carbocycles. The zero-order chi connectivity index (χ0) is 32.5. The van der Waals surface area contributed by atoms with Crippen molar-refractivity contribution in [3.05, 3.63) is 106 Å². The number of halogens is 1. The van der Waals surface area contributed by atoms with E-state index in [1.165, 1.54) is 26.2 Å². The second-order valence-electron chi connectivity index (χ2n) is 11.0. The van der Waals surface area contributed by atoms with Crippen LogP contribution in [-0.2, 0) is 15.6 Å². The monoisotopic (exact) mass is 632 g/mol. The smallest absolute Gasteiger partial charge is 0.336 e. The minimum Gasteiger partial charge on any atom is -0.478 e. The average Bonchev–Trinajstić information content (AvgIpc) is 3.35. The van der Waals surface area contributed by atoms with Gasteiger partial charge < -0.3 is 20.4 Å². The number of carbonyl (C=O) groups excluding carboxylic acids is 1. The fourth-order valence-corrected chi connectivity index (χ4v) is 5.97. The highest BCUT2D eigenvalue weighted by Crippen LogP contribution is 2.38. The van der Waals surface area contributed by atoms with E-state index < -0.39 is 28.6 Å². The van der Waals surface area contributed by atoms with Crippen LogP contribution in [0.1, 0.15) is 68.7 Å². The summed E-state index contributed by atoms with van der Waals surface area (Å²) in [6.07, 6.45) is 10.2. The number of nitrogens with zero attached hydrogens (tertiary/aromatic N) is 1. The van der Waals surface area contributed by atoms with Crippen LogP contribution in [0.2, 0.25) is 0 Å². The van der Waals surface area contributed by atoms with Crippen molar-refractivity contribution >= 4 is 45.9 Å². The number of rotatable bonds is 9. The molecule has 1 aliphatic heterocycles. The first kappa shape index (κ1) is 33.5. The van der Waals surface area contributed by atoms with Crippen molar-refractivity contribution in [3.63, 3.8) is 0 Å². The number of likely N-dealkylation sites (tertiary alicyclic amines) is 1. The molecule has 1 amide bonds. The minimum absolute atomic E-state index is 0.0476. The van der Waals surface area contributed by atoms with Gasteiger partial charge in [-0.15, -0.1) is 0 Å². The Bertz CT molecular complexity index is 1620. The van der Waals surface area contributed by atoms with E-state index in [4.69, 9.17) is 10.2 Å². The molecule has 0 radical (unpaired) electrons. The van der Waals surface area contributed by atoms with Crippen LogP contribution in [0, 0.1) is 12.7 Å². The van der Waals surface area contributed by atoms with Gasteiger partial charge in [-0.1, -0.05) is 42.8 Å². The third-order valence-corrected chi connectivity index (χ3v) is 8.77. The third-order valence-electron chi connectivity index (χ3n) is 7.83. The fourth-order valence-electron chi connectivity index (χ4n) is 5.45. The highest BCUT2D eigenvalue weighted by Gasteiger charge is 2.20. The van der Waals surface area contributed by atoms with Crippen molar-refractivity contribution in [2.45, 2.75) is 37.5 Å². The predicted octanol–water partition coefficient (Wildman–Crippen LogP) is 5.88. The van der Waals surface area contributed by atoms with Crippen molar-refractivity contribution in [2.24, 2.45) is 0 Å². The SMILES string of the molecule is CS(=O)c1ccc(C=C2C=C(CC(=O)NCCN3CCCCC3)c3ccccc32)cc1.Cc1c(C(=O)O)cc(F)cc1C(=O)O. The first-order chi connectivity index (χ1) is 21.5. The van der Waals surface area contributed by atoms with Crippen LogP contribution in [0.3, 0.4) is 0 Å². The number of carbonyl (C=O) groups is 3. The van der Waals surface area contributed by atoms with Crippen molar-refractivity contribution in [3.8, 4) is 0 Å². The van der Waals surface area contributed by atoms with Crippen LogP contribution in [-0.4, -0.2) is 69.6 Å². The normalized spacial score (nSPS) is 15.8. The third kappa shape index (κ3) is 9.06. The molecule has 8 nitrogen and oxygen atoms in total. The van der Waals surface area contributed by atoms with Gasteiger partial charge in [-0.2, -0.15) is 0 Å². The zero-order valence-electron chi connectivity index (χ0n) is 25.3. The van der Waals surface area contributed by atoms with Crippen molar-refractivity contribution < 1.29 is 33.2 Å². The Labute approximate surface area is 264 Å². The summed E-state index contributed by atoms with van der Waals surface area (Å²) in [5, 5.41) is 20.4. The number of benzene rings is 3. The van der Waals surface area contributed by atoms with E-state index in [1.54, 1.807) is 6.26 Å². The first-order valence-electron chi connectivity index (χ1n) is 14.7. The number of carboxylic acids is 2. The highest BCUT2D eigenvalue weighted by atomic mass is 32.2. The van der Waals surface area contributed by atoms with E-state index >= 15 is 0 Å². The van der Waals surface area contributed by atoms with Gasteiger partial charge >= 0.3 is 11.9 Å². The van der Waals surface area contributed by atoms with E-state index in [9.17, 15) is 23.0 Å². The largest absolute Gasteiger partial charge is 0.478 e. The van der Waals surface area contributed by atoms with Crippen molar-refractivity contribution in [1.82, 2.24) is 10.2 Å². The quantitative estimate of drug-likeness (QED) is 0.269. The summed E-state index contributed by atoms with van der Waals surface area (Å²) in [4.78, 5) is 37.0. The Balaban J connectivity index is 0.000000276. The fraction of sp³-hybridized carbons (Fsp3) is 0.286. The molecule has 1 atom stereocenters. The molecule has 3 aromatic rings. The number of piperidine rings is 1. The molecule has 10 heteroatoms. The van der Waals surface area contributed by atoms with Gasteiger partial charge in [-0.05, 0) is 103 Å². The average molecular weight is 633 g/mol. The van der Waals surface area contributed by atoms with E-state index in [-0.39, 0.29) is 22.6 Å². The Kier molecular flexibility index (Phi) is 11.6. The topological polar surface area (TPSA) is 124 Å². The number of hydrogen-bond donors (Lipinski definition) is 3. The second kappa shape index (κ2) is 15.5. The number of hydrogen-bond acceptors (Lipinski definition) is 5. The Morgan fingerprint density at radius 1 is 0.933 bits per heavy atom. The van der Waals surface area contributed by atoms with Crippen LogP contribution in [0.15, 0.2) is 71.6 Å². The molecule has 1 saturated heterocycles. The molecular weight excluding hydrogens is 595 g/mol. The number of amides is 1. The highest BCUT2D eigenvalue weighted by molar-refractivity contribution is 7.84. The van der Waals surface area contributed by atoms with E-state index in [2.05, 4.69) is 34.5 Å². The van der Waals surface area contributed by atoms with Crippen LogP contribution in [0.25, 0.3) is 17.2 Å². The molecule has 1 unspecified atom stereocenters. The number of aromatic carboxylic acids is 2. The van der Waals surface area contributed by atoms with Crippen LogP contribution < -0.4 is 5.32 Å². The van der Waals surface area contributed by atoms with Gasteiger partial charge in [0, 0.05) is 35.0 Å². The van der Waals surface area contributed by atoms with E-state index in [0.717, 1.165) is 64.5 Å². The summed E-state index contributed by atoms with van der Waals surface area (Å²) >= 11 is 0. The summed E-state index contributed by atoms with van der Waals surface area (Å²) in [5.41, 5.74) is 4.90. The van der Waals surface area contributed by atoms with Gasteiger partial charge in [0.05, 0.1) is 17.5 Å². The van der Waals surface area contributed by atoms with Crippen molar-refractivity contribution in [2.75, 3.05) is 32.4 Å². The lowest BCUT2D eigenvalue weighted by Crippen LogP contribution is -2.37. The molecule has 5 rings (SSSR count). The Morgan fingerprint density at radius 3 is 2.11 bits per heavy atom. The Hall–Kier alpha value is -4.41. The maximum Gasteiger partial charge on any atom is 0.336 e.